The fraction of sp³-hybridized carbons (Fsp3) is 0.625. The van der Waals surface area contributed by atoms with E-state index in [1.807, 2.05) is 0 Å². The van der Waals surface area contributed by atoms with Crippen LogP contribution in [-0.2, 0) is 11.2 Å². The molecular weight excluding hydrogens is 236 g/mol. The van der Waals surface area contributed by atoms with E-state index in [1.54, 1.807) is 0 Å². The lowest BCUT2D eigenvalue weighted by Gasteiger charge is -2.23. The van der Waals surface area contributed by atoms with Gasteiger partial charge in [-0.15, -0.1) is 0 Å². The third-order valence-electron chi connectivity index (χ3n) is 3.83. The molecule has 1 aliphatic heterocycles. The van der Waals surface area contributed by atoms with Crippen LogP contribution in [0.2, 0.25) is 0 Å². The van der Waals surface area contributed by atoms with E-state index in [1.165, 1.54) is 16.7 Å². The van der Waals surface area contributed by atoms with Crippen molar-refractivity contribution in [3.05, 3.63) is 34.9 Å². The molecule has 0 saturated carbocycles. The minimum atomic E-state index is 0.530. The number of aryl methyl sites for hydroxylation is 2. The lowest BCUT2D eigenvalue weighted by Crippen LogP contribution is -2.42. The standard InChI is InChI=1S/C16H26N2O/c1-13-3-4-15(11-14(13)2)5-7-17-8-6-16-12-19-10-9-18-16/h3-4,11,16-18H,5-10,12H2,1-2H3. The zero-order valence-electron chi connectivity index (χ0n) is 12.2. The average molecular weight is 262 g/mol. The van der Waals surface area contributed by atoms with Crippen LogP contribution in [-0.4, -0.2) is 38.9 Å². The maximum absolute atomic E-state index is 5.44. The average Bonchev–Trinajstić information content (AvgIpc) is 2.43. The van der Waals surface area contributed by atoms with Gasteiger partial charge in [-0.1, -0.05) is 18.2 Å². The van der Waals surface area contributed by atoms with Crippen LogP contribution in [0.1, 0.15) is 23.1 Å². The molecular formula is C16H26N2O. The normalized spacial score (nSPS) is 19.6. The molecule has 0 radical (unpaired) electrons. The molecule has 19 heavy (non-hydrogen) atoms. The molecule has 3 nitrogen and oxygen atoms in total. The number of hydrogen-bond acceptors (Lipinski definition) is 3. The van der Waals surface area contributed by atoms with Gasteiger partial charge in [0.15, 0.2) is 0 Å². The minimum Gasteiger partial charge on any atom is -0.379 e. The van der Waals surface area contributed by atoms with Gasteiger partial charge in [0.25, 0.3) is 0 Å². The van der Waals surface area contributed by atoms with E-state index in [-0.39, 0.29) is 0 Å². The highest BCUT2D eigenvalue weighted by atomic mass is 16.5. The zero-order valence-corrected chi connectivity index (χ0v) is 12.2. The topological polar surface area (TPSA) is 33.3 Å². The Bertz CT molecular complexity index is 386. The molecule has 0 spiro atoms. The molecule has 1 aromatic carbocycles. The summed E-state index contributed by atoms with van der Waals surface area (Å²) < 4.78 is 5.44. The fourth-order valence-corrected chi connectivity index (χ4v) is 2.40. The van der Waals surface area contributed by atoms with Gasteiger partial charge < -0.3 is 15.4 Å². The van der Waals surface area contributed by atoms with Crippen LogP contribution >= 0.6 is 0 Å². The van der Waals surface area contributed by atoms with E-state index in [0.717, 1.165) is 45.7 Å². The van der Waals surface area contributed by atoms with Crippen molar-refractivity contribution < 1.29 is 4.74 Å². The predicted octanol–water partition coefficient (Wildman–Crippen LogP) is 1.81. The summed E-state index contributed by atoms with van der Waals surface area (Å²) in [5.41, 5.74) is 4.19. The van der Waals surface area contributed by atoms with Crippen LogP contribution in [0.3, 0.4) is 0 Å². The summed E-state index contributed by atoms with van der Waals surface area (Å²) in [6.07, 6.45) is 2.25. The third kappa shape index (κ3) is 4.94. The van der Waals surface area contributed by atoms with E-state index in [9.17, 15) is 0 Å². The summed E-state index contributed by atoms with van der Waals surface area (Å²) in [6, 6.07) is 7.28. The molecule has 1 saturated heterocycles. The quantitative estimate of drug-likeness (QED) is 0.767. The van der Waals surface area contributed by atoms with Crippen LogP contribution in [0.5, 0.6) is 0 Å². The Kier molecular flexibility index (Phi) is 5.83. The molecule has 0 amide bonds. The van der Waals surface area contributed by atoms with Crippen molar-refractivity contribution in [1.82, 2.24) is 10.6 Å². The molecule has 0 aromatic heterocycles. The second-order valence-corrected chi connectivity index (χ2v) is 5.43. The molecule has 1 unspecified atom stereocenters. The highest BCUT2D eigenvalue weighted by Gasteiger charge is 2.11. The van der Waals surface area contributed by atoms with Crippen molar-refractivity contribution in [2.45, 2.75) is 32.7 Å². The van der Waals surface area contributed by atoms with Gasteiger partial charge >= 0.3 is 0 Å². The number of morpholine rings is 1. The molecule has 106 valence electrons. The first-order chi connectivity index (χ1) is 9.25. The molecule has 1 atom stereocenters. The van der Waals surface area contributed by atoms with Crippen molar-refractivity contribution in [2.75, 3.05) is 32.8 Å². The van der Waals surface area contributed by atoms with Gasteiger partial charge in [-0.05, 0) is 56.5 Å². The zero-order chi connectivity index (χ0) is 13.5. The van der Waals surface area contributed by atoms with Crippen molar-refractivity contribution in [3.8, 4) is 0 Å². The van der Waals surface area contributed by atoms with Crippen LogP contribution in [0, 0.1) is 13.8 Å². The van der Waals surface area contributed by atoms with Crippen molar-refractivity contribution >= 4 is 0 Å². The first kappa shape index (κ1) is 14.5. The largest absolute Gasteiger partial charge is 0.379 e. The van der Waals surface area contributed by atoms with Gasteiger partial charge in [-0.25, -0.2) is 0 Å². The van der Waals surface area contributed by atoms with Gasteiger partial charge in [0.05, 0.1) is 13.2 Å². The summed E-state index contributed by atoms with van der Waals surface area (Å²) in [5, 5.41) is 7.00. The van der Waals surface area contributed by atoms with E-state index < -0.39 is 0 Å². The molecule has 1 aromatic rings. The van der Waals surface area contributed by atoms with Gasteiger partial charge in [0.1, 0.15) is 0 Å². The van der Waals surface area contributed by atoms with Crippen molar-refractivity contribution in [2.24, 2.45) is 0 Å². The molecule has 1 aliphatic rings. The SMILES string of the molecule is Cc1ccc(CCNCCC2COCCN2)cc1C. The second-order valence-electron chi connectivity index (χ2n) is 5.43. The Hall–Kier alpha value is -0.900. The monoisotopic (exact) mass is 262 g/mol. The second kappa shape index (κ2) is 7.63. The van der Waals surface area contributed by atoms with Crippen LogP contribution < -0.4 is 10.6 Å². The van der Waals surface area contributed by atoms with Gasteiger partial charge in [-0.3, -0.25) is 0 Å². The highest BCUT2D eigenvalue weighted by Crippen LogP contribution is 2.09. The first-order valence-electron chi connectivity index (χ1n) is 7.33. The Morgan fingerprint density at radius 3 is 2.89 bits per heavy atom. The Labute approximate surface area is 116 Å². The summed E-state index contributed by atoms with van der Waals surface area (Å²) in [7, 11) is 0. The molecule has 1 heterocycles. The van der Waals surface area contributed by atoms with E-state index in [2.05, 4.69) is 42.7 Å². The Balaban J connectivity index is 1.59. The number of nitrogens with one attached hydrogen (secondary N) is 2. The number of rotatable bonds is 6. The van der Waals surface area contributed by atoms with Crippen LogP contribution in [0.4, 0.5) is 0 Å². The van der Waals surface area contributed by atoms with Crippen LogP contribution in [0.25, 0.3) is 0 Å². The first-order valence-corrected chi connectivity index (χ1v) is 7.33. The third-order valence-corrected chi connectivity index (χ3v) is 3.83. The van der Waals surface area contributed by atoms with Crippen LogP contribution in [0.15, 0.2) is 18.2 Å². The van der Waals surface area contributed by atoms with Crippen molar-refractivity contribution in [3.63, 3.8) is 0 Å². The summed E-state index contributed by atoms with van der Waals surface area (Å²) in [4.78, 5) is 0. The number of benzene rings is 1. The summed E-state index contributed by atoms with van der Waals surface area (Å²) in [5.74, 6) is 0. The Morgan fingerprint density at radius 1 is 1.26 bits per heavy atom. The summed E-state index contributed by atoms with van der Waals surface area (Å²) >= 11 is 0. The van der Waals surface area contributed by atoms with Gasteiger partial charge in [0.2, 0.25) is 0 Å². The molecule has 0 bridgehead atoms. The molecule has 3 heteroatoms. The number of ether oxygens (including phenoxy) is 1. The van der Waals surface area contributed by atoms with E-state index in [4.69, 9.17) is 4.74 Å². The van der Waals surface area contributed by atoms with E-state index in [0.29, 0.717) is 6.04 Å². The summed E-state index contributed by atoms with van der Waals surface area (Å²) in [6.45, 7) is 9.17. The molecule has 2 N–H and O–H groups in total. The van der Waals surface area contributed by atoms with Crippen molar-refractivity contribution in [1.29, 1.82) is 0 Å². The Morgan fingerprint density at radius 2 is 2.16 bits per heavy atom. The fourth-order valence-electron chi connectivity index (χ4n) is 2.40. The number of hydrogen-bond donors (Lipinski definition) is 2. The molecule has 2 rings (SSSR count). The van der Waals surface area contributed by atoms with Gasteiger partial charge in [-0.2, -0.15) is 0 Å². The molecule has 0 aliphatic carbocycles. The van der Waals surface area contributed by atoms with E-state index >= 15 is 0 Å². The molecule has 1 fully saturated rings. The predicted molar refractivity (Wildman–Crippen MR) is 79.7 cm³/mol. The lowest BCUT2D eigenvalue weighted by molar-refractivity contribution is 0.0743. The maximum atomic E-state index is 5.44. The lowest BCUT2D eigenvalue weighted by atomic mass is 10.0. The highest BCUT2D eigenvalue weighted by molar-refractivity contribution is 5.29. The minimum absolute atomic E-state index is 0.530. The smallest absolute Gasteiger partial charge is 0.0620 e. The maximum Gasteiger partial charge on any atom is 0.0620 e. The van der Waals surface area contributed by atoms with Gasteiger partial charge in [0, 0.05) is 12.6 Å².